The first-order chi connectivity index (χ1) is 9.76. The van der Waals surface area contributed by atoms with Gasteiger partial charge in [-0.25, -0.2) is 4.98 Å². The van der Waals surface area contributed by atoms with Gasteiger partial charge in [-0.05, 0) is 50.4 Å². The number of aromatic nitrogens is 1. The van der Waals surface area contributed by atoms with Gasteiger partial charge in [0.25, 0.3) is 0 Å². The molecular weight excluding hydrogens is 254 g/mol. The Morgan fingerprint density at radius 3 is 3.00 bits per heavy atom. The van der Waals surface area contributed by atoms with E-state index in [1.807, 2.05) is 18.2 Å². The first-order valence-corrected chi connectivity index (χ1v) is 7.16. The third kappa shape index (κ3) is 2.99. The monoisotopic (exact) mass is 273 g/mol. The van der Waals surface area contributed by atoms with Crippen LogP contribution in [0.15, 0.2) is 22.6 Å². The maximum atomic E-state index is 11.8. The van der Waals surface area contributed by atoms with Crippen molar-refractivity contribution in [1.82, 2.24) is 4.98 Å². The molecule has 0 aliphatic heterocycles. The van der Waals surface area contributed by atoms with Crippen LogP contribution in [0.3, 0.4) is 0 Å². The Labute approximate surface area is 117 Å². The van der Waals surface area contributed by atoms with E-state index in [2.05, 4.69) is 10.3 Å². The van der Waals surface area contributed by atoms with E-state index in [0.717, 1.165) is 48.4 Å². The van der Waals surface area contributed by atoms with Crippen molar-refractivity contribution in [1.29, 1.82) is 0 Å². The van der Waals surface area contributed by atoms with Gasteiger partial charge in [-0.15, -0.1) is 0 Å². The van der Waals surface area contributed by atoms with Gasteiger partial charge in [-0.3, -0.25) is 4.79 Å². The van der Waals surface area contributed by atoms with Gasteiger partial charge in [0.1, 0.15) is 5.52 Å². The summed E-state index contributed by atoms with van der Waals surface area (Å²) in [6.45, 7) is 0.627. The van der Waals surface area contributed by atoms with Crippen molar-refractivity contribution in [2.24, 2.45) is 5.73 Å². The fraction of sp³-hybridized carbons (Fsp3) is 0.467. The number of nitrogens with one attached hydrogen (secondary N) is 1. The molecule has 1 amide bonds. The molecule has 0 bridgehead atoms. The van der Waals surface area contributed by atoms with Crippen LogP contribution in [-0.2, 0) is 4.79 Å². The molecule has 2 aromatic rings. The van der Waals surface area contributed by atoms with Gasteiger partial charge < -0.3 is 15.5 Å². The topological polar surface area (TPSA) is 81.2 Å². The van der Waals surface area contributed by atoms with Crippen LogP contribution in [-0.4, -0.2) is 17.4 Å². The minimum Gasteiger partial charge on any atom is -0.440 e. The minimum atomic E-state index is 0.0173. The Hall–Kier alpha value is -1.88. The Kier molecular flexibility index (Phi) is 3.69. The summed E-state index contributed by atoms with van der Waals surface area (Å²) in [4.78, 5) is 16.2. The van der Waals surface area contributed by atoms with Crippen LogP contribution in [0.4, 0.5) is 5.69 Å². The van der Waals surface area contributed by atoms with E-state index in [4.69, 9.17) is 10.2 Å². The first kappa shape index (κ1) is 13.1. The Morgan fingerprint density at radius 2 is 2.25 bits per heavy atom. The van der Waals surface area contributed by atoms with E-state index in [0.29, 0.717) is 18.9 Å². The van der Waals surface area contributed by atoms with Crippen LogP contribution in [0, 0.1) is 0 Å². The third-order valence-corrected chi connectivity index (χ3v) is 3.47. The molecule has 0 spiro atoms. The Balaban J connectivity index is 1.67. The predicted octanol–water partition coefficient (Wildman–Crippen LogP) is 2.77. The number of benzene rings is 1. The van der Waals surface area contributed by atoms with Gasteiger partial charge in [0.2, 0.25) is 5.91 Å². The maximum absolute atomic E-state index is 11.8. The number of oxazole rings is 1. The number of hydrogen-bond donors (Lipinski definition) is 2. The first-order valence-electron chi connectivity index (χ1n) is 7.16. The smallest absolute Gasteiger partial charge is 0.224 e. The molecule has 1 aromatic carbocycles. The second kappa shape index (κ2) is 5.63. The molecule has 5 heteroatoms. The molecule has 3 N–H and O–H groups in total. The molecule has 0 unspecified atom stereocenters. The molecule has 106 valence electrons. The van der Waals surface area contributed by atoms with E-state index in [9.17, 15) is 4.79 Å². The normalized spacial score (nSPS) is 14.7. The summed E-state index contributed by atoms with van der Waals surface area (Å²) < 4.78 is 5.69. The van der Waals surface area contributed by atoms with E-state index in [-0.39, 0.29) is 5.91 Å². The highest BCUT2D eigenvalue weighted by molar-refractivity contribution is 5.92. The fourth-order valence-electron chi connectivity index (χ4n) is 2.18. The Morgan fingerprint density at radius 1 is 1.40 bits per heavy atom. The molecule has 3 rings (SSSR count). The summed E-state index contributed by atoms with van der Waals surface area (Å²) in [6.07, 6.45) is 4.53. The molecule has 1 heterocycles. The summed E-state index contributed by atoms with van der Waals surface area (Å²) in [5, 5.41) is 2.89. The number of amides is 1. The highest BCUT2D eigenvalue weighted by Crippen LogP contribution is 2.40. The van der Waals surface area contributed by atoms with Crippen molar-refractivity contribution >= 4 is 22.7 Å². The van der Waals surface area contributed by atoms with Crippen LogP contribution in [0.1, 0.15) is 43.9 Å². The molecule has 20 heavy (non-hydrogen) atoms. The molecule has 1 aromatic heterocycles. The van der Waals surface area contributed by atoms with Gasteiger partial charge in [-0.2, -0.15) is 0 Å². The number of carbonyl (C=O) groups excluding carboxylic acids is 1. The highest BCUT2D eigenvalue weighted by Gasteiger charge is 2.28. The van der Waals surface area contributed by atoms with E-state index < -0.39 is 0 Å². The zero-order valence-electron chi connectivity index (χ0n) is 11.4. The van der Waals surface area contributed by atoms with Crippen molar-refractivity contribution in [3.63, 3.8) is 0 Å². The molecule has 1 fully saturated rings. The number of nitrogens with zero attached hydrogens (tertiary/aromatic N) is 1. The summed E-state index contributed by atoms with van der Waals surface area (Å²) in [6, 6.07) is 5.58. The molecule has 1 aliphatic rings. The number of carbonyl (C=O) groups is 1. The van der Waals surface area contributed by atoms with Gasteiger partial charge >= 0.3 is 0 Å². The van der Waals surface area contributed by atoms with Crippen molar-refractivity contribution < 1.29 is 9.21 Å². The van der Waals surface area contributed by atoms with Gasteiger partial charge in [0.05, 0.1) is 0 Å². The molecule has 1 aliphatic carbocycles. The average Bonchev–Trinajstić information content (AvgIpc) is 3.19. The largest absolute Gasteiger partial charge is 0.440 e. The lowest BCUT2D eigenvalue weighted by Crippen LogP contribution is -2.11. The lowest BCUT2D eigenvalue weighted by atomic mass is 10.2. The van der Waals surface area contributed by atoms with Gasteiger partial charge in [0, 0.05) is 18.0 Å². The van der Waals surface area contributed by atoms with Crippen LogP contribution in [0.25, 0.3) is 11.1 Å². The van der Waals surface area contributed by atoms with Crippen LogP contribution in [0.5, 0.6) is 0 Å². The summed E-state index contributed by atoms with van der Waals surface area (Å²) in [5.74, 6) is 1.34. The highest BCUT2D eigenvalue weighted by atomic mass is 16.3. The van der Waals surface area contributed by atoms with Crippen LogP contribution >= 0.6 is 0 Å². The summed E-state index contributed by atoms with van der Waals surface area (Å²) >= 11 is 0. The molecule has 5 nitrogen and oxygen atoms in total. The molecule has 0 atom stereocenters. The number of rotatable bonds is 6. The number of fused-ring (bicyclic) bond motifs is 1. The standard InChI is InChI=1S/C15H19N3O2/c16-8-2-1-3-14(19)17-11-6-7-13-12(9-11)18-15(20-13)10-4-5-10/h6-7,9-10H,1-5,8,16H2,(H,17,19). The van der Waals surface area contributed by atoms with E-state index in [1.165, 1.54) is 0 Å². The maximum Gasteiger partial charge on any atom is 0.224 e. The lowest BCUT2D eigenvalue weighted by Gasteiger charge is -2.04. The average molecular weight is 273 g/mol. The van der Waals surface area contributed by atoms with E-state index in [1.54, 1.807) is 0 Å². The van der Waals surface area contributed by atoms with Gasteiger partial charge in [0.15, 0.2) is 11.5 Å². The zero-order chi connectivity index (χ0) is 13.9. The van der Waals surface area contributed by atoms with Crippen molar-refractivity contribution in [3.8, 4) is 0 Å². The van der Waals surface area contributed by atoms with E-state index >= 15 is 0 Å². The van der Waals surface area contributed by atoms with Crippen LogP contribution < -0.4 is 11.1 Å². The van der Waals surface area contributed by atoms with Crippen molar-refractivity contribution in [2.45, 2.75) is 38.0 Å². The third-order valence-electron chi connectivity index (χ3n) is 3.47. The Bertz CT molecular complexity index is 617. The minimum absolute atomic E-state index is 0.0173. The number of anilines is 1. The SMILES string of the molecule is NCCCCC(=O)Nc1ccc2oc(C3CC3)nc2c1. The lowest BCUT2D eigenvalue weighted by molar-refractivity contribution is -0.116. The zero-order valence-corrected chi connectivity index (χ0v) is 11.4. The molecular formula is C15H19N3O2. The second-order valence-corrected chi connectivity index (χ2v) is 5.30. The summed E-state index contributed by atoms with van der Waals surface area (Å²) in [5.41, 5.74) is 7.78. The van der Waals surface area contributed by atoms with Gasteiger partial charge in [-0.1, -0.05) is 0 Å². The predicted molar refractivity (Wildman–Crippen MR) is 77.5 cm³/mol. The summed E-state index contributed by atoms with van der Waals surface area (Å²) in [7, 11) is 0. The molecule has 0 saturated heterocycles. The number of nitrogens with two attached hydrogens (primary N) is 1. The molecule has 0 radical (unpaired) electrons. The quantitative estimate of drug-likeness (QED) is 0.793. The number of unbranched alkanes of at least 4 members (excludes halogenated alkanes) is 1. The fourth-order valence-corrected chi connectivity index (χ4v) is 2.18. The van der Waals surface area contributed by atoms with Crippen molar-refractivity contribution in [3.05, 3.63) is 24.1 Å². The molecule has 1 saturated carbocycles. The van der Waals surface area contributed by atoms with Crippen LogP contribution in [0.2, 0.25) is 0 Å². The van der Waals surface area contributed by atoms with Crippen molar-refractivity contribution in [2.75, 3.05) is 11.9 Å². The second-order valence-electron chi connectivity index (χ2n) is 5.30. The number of hydrogen-bond acceptors (Lipinski definition) is 4.